The van der Waals surface area contributed by atoms with Crippen molar-refractivity contribution < 1.29 is 14.3 Å². The van der Waals surface area contributed by atoms with Gasteiger partial charge in [-0.2, -0.15) is 0 Å². The molecular weight excluding hydrogens is 266 g/mol. The molecule has 4 nitrogen and oxygen atoms in total. The van der Waals surface area contributed by atoms with Gasteiger partial charge in [0.15, 0.2) is 0 Å². The Morgan fingerprint density at radius 1 is 1.37 bits per heavy atom. The zero-order valence-electron chi connectivity index (χ0n) is 11.0. The van der Waals surface area contributed by atoms with Gasteiger partial charge in [-0.15, -0.1) is 0 Å². The number of nitrogens with zero attached hydrogens (tertiary/aromatic N) is 1. The van der Waals surface area contributed by atoms with Crippen molar-refractivity contribution in [2.24, 2.45) is 0 Å². The number of methoxy groups -OCH3 is 1. The molecule has 0 N–H and O–H groups in total. The molecule has 0 radical (unpaired) electrons. The largest absolute Gasteiger partial charge is 0.469 e. The van der Waals surface area contributed by atoms with Gasteiger partial charge in [0.05, 0.1) is 26.2 Å². The summed E-state index contributed by atoms with van der Waals surface area (Å²) in [5.74, 6) is -0.491. The zero-order chi connectivity index (χ0) is 13.7. The van der Waals surface area contributed by atoms with Crippen LogP contribution in [0.5, 0.6) is 0 Å². The van der Waals surface area contributed by atoms with E-state index < -0.39 is 0 Å². The van der Waals surface area contributed by atoms with E-state index in [0.29, 0.717) is 24.8 Å². The molecule has 0 aromatic heterocycles. The van der Waals surface area contributed by atoms with Crippen LogP contribution in [0.25, 0.3) is 0 Å². The van der Waals surface area contributed by atoms with Crippen molar-refractivity contribution in [3.05, 3.63) is 34.9 Å². The van der Waals surface area contributed by atoms with Crippen LogP contribution in [0.3, 0.4) is 0 Å². The van der Waals surface area contributed by atoms with E-state index in [0.717, 1.165) is 18.7 Å². The molecule has 1 aromatic rings. The molecule has 1 unspecified atom stereocenters. The number of hydrogen-bond donors (Lipinski definition) is 0. The molecule has 1 atom stereocenters. The summed E-state index contributed by atoms with van der Waals surface area (Å²) in [4.78, 5) is 14.2. The summed E-state index contributed by atoms with van der Waals surface area (Å²) in [5.41, 5.74) is 0.933. The first-order valence-electron chi connectivity index (χ1n) is 6.34. The maximum absolute atomic E-state index is 12.0. The van der Waals surface area contributed by atoms with Gasteiger partial charge in [-0.3, -0.25) is 9.69 Å². The van der Waals surface area contributed by atoms with E-state index in [2.05, 4.69) is 4.90 Å². The fourth-order valence-corrected chi connectivity index (χ4v) is 2.32. The minimum Gasteiger partial charge on any atom is -0.469 e. The molecule has 5 heteroatoms. The Morgan fingerprint density at radius 2 is 2.00 bits per heavy atom. The van der Waals surface area contributed by atoms with Crippen LogP contribution in [-0.4, -0.2) is 50.8 Å². The zero-order valence-corrected chi connectivity index (χ0v) is 11.7. The van der Waals surface area contributed by atoms with Crippen LogP contribution in [-0.2, 0) is 14.3 Å². The minimum absolute atomic E-state index is 0.214. The average molecular weight is 284 g/mol. The lowest BCUT2D eigenvalue weighted by atomic mass is 9.98. The Balaban J connectivity index is 2.10. The molecule has 104 valence electrons. The van der Waals surface area contributed by atoms with E-state index in [1.54, 1.807) is 12.1 Å². The number of esters is 1. The summed E-state index contributed by atoms with van der Waals surface area (Å²) in [6.45, 7) is 3.78. The second-order valence-corrected chi connectivity index (χ2v) is 4.98. The first kappa shape index (κ1) is 14.3. The van der Waals surface area contributed by atoms with E-state index in [1.807, 2.05) is 12.1 Å². The molecule has 0 saturated carbocycles. The highest BCUT2D eigenvalue weighted by Gasteiger charge is 2.25. The third-order valence-electron chi connectivity index (χ3n) is 3.30. The Bertz CT molecular complexity index is 415. The quantitative estimate of drug-likeness (QED) is 0.792. The number of halogens is 1. The van der Waals surface area contributed by atoms with Crippen LogP contribution in [0, 0.1) is 0 Å². The molecule has 2 rings (SSSR count). The van der Waals surface area contributed by atoms with Crippen LogP contribution >= 0.6 is 11.6 Å². The molecule has 0 aliphatic carbocycles. The van der Waals surface area contributed by atoms with Crippen LogP contribution in [0.2, 0.25) is 5.02 Å². The number of carbonyl (C=O) groups is 1. The van der Waals surface area contributed by atoms with Crippen LogP contribution in [0.1, 0.15) is 11.5 Å². The fourth-order valence-electron chi connectivity index (χ4n) is 2.20. The molecule has 0 bridgehead atoms. The van der Waals surface area contributed by atoms with Gasteiger partial charge in [-0.25, -0.2) is 0 Å². The van der Waals surface area contributed by atoms with Gasteiger partial charge in [0.2, 0.25) is 0 Å². The number of hydrogen-bond acceptors (Lipinski definition) is 4. The van der Waals surface area contributed by atoms with Crippen molar-refractivity contribution >= 4 is 17.6 Å². The number of carbonyl (C=O) groups excluding carboxylic acids is 1. The standard InChI is InChI=1S/C14H18ClNO3/c1-18-14(17)13(10-16-6-8-19-9-7-16)11-2-4-12(15)5-3-11/h2-5,13H,6-10H2,1H3. The van der Waals surface area contributed by atoms with Gasteiger partial charge >= 0.3 is 5.97 Å². The summed E-state index contributed by atoms with van der Waals surface area (Å²) >= 11 is 5.88. The first-order valence-corrected chi connectivity index (χ1v) is 6.72. The van der Waals surface area contributed by atoms with Gasteiger partial charge in [-0.05, 0) is 17.7 Å². The van der Waals surface area contributed by atoms with E-state index >= 15 is 0 Å². The molecule has 0 amide bonds. The van der Waals surface area contributed by atoms with E-state index in [-0.39, 0.29) is 11.9 Å². The fraction of sp³-hybridized carbons (Fsp3) is 0.500. The topological polar surface area (TPSA) is 38.8 Å². The summed E-state index contributed by atoms with van der Waals surface area (Å²) in [7, 11) is 1.42. The molecule has 0 spiro atoms. The Kier molecular flexibility index (Phi) is 5.19. The van der Waals surface area contributed by atoms with E-state index in [1.165, 1.54) is 7.11 Å². The molecular formula is C14H18ClNO3. The highest BCUT2D eigenvalue weighted by molar-refractivity contribution is 6.30. The van der Waals surface area contributed by atoms with Crippen molar-refractivity contribution in [3.8, 4) is 0 Å². The van der Waals surface area contributed by atoms with Gasteiger partial charge in [-0.1, -0.05) is 23.7 Å². The third kappa shape index (κ3) is 3.93. The normalized spacial score (nSPS) is 18.0. The smallest absolute Gasteiger partial charge is 0.314 e. The van der Waals surface area contributed by atoms with Crippen LogP contribution < -0.4 is 0 Å². The Hall–Kier alpha value is -1.10. The van der Waals surface area contributed by atoms with Crippen molar-refractivity contribution in [2.45, 2.75) is 5.92 Å². The van der Waals surface area contributed by atoms with Gasteiger partial charge < -0.3 is 9.47 Å². The second-order valence-electron chi connectivity index (χ2n) is 4.54. The molecule has 1 saturated heterocycles. The number of benzene rings is 1. The number of rotatable bonds is 4. The third-order valence-corrected chi connectivity index (χ3v) is 3.55. The molecule has 1 aromatic carbocycles. The highest BCUT2D eigenvalue weighted by Crippen LogP contribution is 2.21. The van der Waals surface area contributed by atoms with Crippen LogP contribution in [0.4, 0.5) is 0 Å². The van der Waals surface area contributed by atoms with Crippen LogP contribution in [0.15, 0.2) is 24.3 Å². The second kappa shape index (κ2) is 6.89. The van der Waals surface area contributed by atoms with Crippen molar-refractivity contribution in [2.75, 3.05) is 40.0 Å². The molecule has 1 heterocycles. The molecule has 1 aliphatic heterocycles. The summed E-state index contributed by atoms with van der Waals surface area (Å²) in [5, 5.41) is 0.665. The maximum atomic E-state index is 12.0. The Labute approximate surface area is 118 Å². The summed E-state index contributed by atoms with van der Waals surface area (Å²) in [6, 6.07) is 7.35. The van der Waals surface area contributed by atoms with E-state index in [9.17, 15) is 4.79 Å². The van der Waals surface area contributed by atoms with Gasteiger partial charge in [0.25, 0.3) is 0 Å². The summed E-state index contributed by atoms with van der Waals surface area (Å²) < 4.78 is 10.2. The van der Waals surface area contributed by atoms with Crippen molar-refractivity contribution in [1.29, 1.82) is 0 Å². The SMILES string of the molecule is COC(=O)C(CN1CCOCC1)c1ccc(Cl)cc1. The lowest BCUT2D eigenvalue weighted by molar-refractivity contribution is -0.143. The van der Waals surface area contributed by atoms with E-state index in [4.69, 9.17) is 21.1 Å². The predicted molar refractivity (Wildman–Crippen MR) is 73.5 cm³/mol. The van der Waals surface area contributed by atoms with Gasteiger partial charge in [0.1, 0.15) is 0 Å². The lowest BCUT2D eigenvalue weighted by Gasteiger charge is -2.29. The number of morpholine rings is 1. The highest BCUT2D eigenvalue weighted by atomic mass is 35.5. The van der Waals surface area contributed by atoms with Gasteiger partial charge in [0, 0.05) is 24.7 Å². The average Bonchev–Trinajstić information content (AvgIpc) is 2.46. The Morgan fingerprint density at radius 3 is 2.58 bits per heavy atom. The first-order chi connectivity index (χ1) is 9.20. The molecule has 1 fully saturated rings. The van der Waals surface area contributed by atoms with Crippen molar-refractivity contribution in [3.63, 3.8) is 0 Å². The number of ether oxygens (including phenoxy) is 2. The lowest BCUT2D eigenvalue weighted by Crippen LogP contribution is -2.40. The molecule has 1 aliphatic rings. The maximum Gasteiger partial charge on any atom is 0.314 e. The summed E-state index contributed by atoms with van der Waals surface area (Å²) in [6.07, 6.45) is 0. The monoisotopic (exact) mass is 283 g/mol. The predicted octanol–water partition coefficient (Wildman–Crippen LogP) is 1.93. The van der Waals surface area contributed by atoms with Crippen molar-refractivity contribution in [1.82, 2.24) is 4.90 Å². The molecule has 19 heavy (non-hydrogen) atoms. The minimum atomic E-state index is -0.277.